The molecule has 0 fully saturated rings. The van der Waals surface area contributed by atoms with E-state index in [0.717, 1.165) is 16.8 Å². The minimum atomic E-state index is -3.93. The number of halogens is 3. The quantitative estimate of drug-likeness (QED) is 0.899. The zero-order valence-corrected chi connectivity index (χ0v) is 12.6. The topological polar surface area (TPSA) is 76.9 Å². The molecule has 10 heteroatoms. The normalized spacial score (nSPS) is 11.6. The average Bonchev–Trinajstić information content (AvgIpc) is 2.63. The second kappa shape index (κ2) is 5.06. The van der Waals surface area contributed by atoms with Gasteiger partial charge in [0.05, 0.1) is 10.7 Å². The molecule has 19 heavy (non-hydrogen) atoms. The van der Waals surface area contributed by atoms with Crippen LogP contribution in [-0.4, -0.2) is 23.4 Å². The lowest BCUT2D eigenvalue weighted by Gasteiger charge is -2.09. The molecule has 102 valence electrons. The fourth-order valence-electron chi connectivity index (χ4n) is 1.37. The smallest absolute Gasteiger partial charge is 0.277 e. The van der Waals surface area contributed by atoms with Gasteiger partial charge in [-0.25, -0.2) is 9.07 Å². The van der Waals surface area contributed by atoms with Crippen LogP contribution in [0.15, 0.2) is 27.8 Å². The Balaban J connectivity index is 2.42. The number of hydrogen-bond donors (Lipinski definition) is 1. The van der Waals surface area contributed by atoms with Gasteiger partial charge in [-0.1, -0.05) is 16.8 Å². The molecule has 1 aromatic carbocycles. The Labute approximate surface area is 121 Å². The van der Waals surface area contributed by atoms with Crippen molar-refractivity contribution in [2.24, 2.45) is 7.05 Å². The second-order valence-corrected chi connectivity index (χ2v) is 6.29. The standard InChI is InChI=1S/C9H7BrClFN4O2S/c1-16-9(8(10)13-15-16)19(17,18)14-7-3-2-5(12)4-6(7)11/h2-4,14H,1H3. The Bertz CT molecular complexity index is 714. The average molecular weight is 370 g/mol. The van der Waals surface area contributed by atoms with Crippen molar-refractivity contribution < 1.29 is 12.8 Å². The van der Waals surface area contributed by atoms with E-state index in [0.29, 0.717) is 0 Å². The van der Waals surface area contributed by atoms with Gasteiger partial charge >= 0.3 is 0 Å². The van der Waals surface area contributed by atoms with Crippen LogP contribution in [-0.2, 0) is 17.1 Å². The molecule has 0 radical (unpaired) electrons. The third kappa shape index (κ3) is 2.88. The third-order valence-corrected chi connectivity index (χ3v) is 4.73. The highest BCUT2D eigenvalue weighted by molar-refractivity contribution is 9.10. The Morgan fingerprint density at radius 3 is 2.68 bits per heavy atom. The van der Waals surface area contributed by atoms with Crippen LogP contribution in [0.4, 0.5) is 10.1 Å². The van der Waals surface area contributed by atoms with Crippen LogP contribution in [0.2, 0.25) is 5.02 Å². The first-order valence-electron chi connectivity index (χ1n) is 4.84. The van der Waals surface area contributed by atoms with E-state index in [4.69, 9.17) is 11.6 Å². The lowest BCUT2D eigenvalue weighted by atomic mass is 10.3. The number of hydrogen-bond acceptors (Lipinski definition) is 4. The second-order valence-electron chi connectivity index (χ2n) is 3.54. The molecule has 0 atom stereocenters. The molecule has 0 aliphatic rings. The Hall–Kier alpha value is -1.19. The van der Waals surface area contributed by atoms with E-state index in [1.807, 2.05) is 0 Å². The third-order valence-electron chi connectivity index (χ3n) is 2.17. The Kier molecular flexibility index (Phi) is 3.79. The van der Waals surface area contributed by atoms with Crippen molar-refractivity contribution in [2.45, 2.75) is 5.03 Å². The van der Waals surface area contributed by atoms with E-state index in [2.05, 4.69) is 31.0 Å². The molecule has 2 rings (SSSR count). The van der Waals surface area contributed by atoms with Gasteiger partial charge in [0.15, 0.2) is 4.60 Å². The first kappa shape index (κ1) is 14.2. The summed E-state index contributed by atoms with van der Waals surface area (Å²) in [5.41, 5.74) is 0.0659. The zero-order chi connectivity index (χ0) is 14.2. The molecular weight excluding hydrogens is 363 g/mol. The first-order valence-corrected chi connectivity index (χ1v) is 7.50. The number of benzene rings is 1. The van der Waals surface area contributed by atoms with Crippen molar-refractivity contribution in [1.82, 2.24) is 15.0 Å². The van der Waals surface area contributed by atoms with E-state index in [-0.39, 0.29) is 20.3 Å². The highest BCUT2D eigenvalue weighted by Crippen LogP contribution is 2.26. The maximum absolute atomic E-state index is 12.9. The molecule has 0 amide bonds. The lowest BCUT2D eigenvalue weighted by molar-refractivity contribution is 0.578. The van der Waals surface area contributed by atoms with Crippen molar-refractivity contribution >= 4 is 43.2 Å². The van der Waals surface area contributed by atoms with E-state index >= 15 is 0 Å². The molecule has 1 aromatic heterocycles. The van der Waals surface area contributed by atoms with Gasteiger partial charge in [0.2, 0.25) is 5.03 Å². The molecule has 0 aliphatic heterocycles. The fraction of sp³-hybridized carbons (Fsp3) is 0.111. The summed E-state index contributed by atoms with van der Waals surface area (Å²) >= 11 is 8.75. The maximum Gasteiger partial charge on any atom is 0.281 e. The van der Waals surface area contributed by atoms with Crippen molar-refractivity contribution in [1.29, 1.82) is 0 Å². The molecule has 0 bridgehead atoms. The fourth-order valence-corrected chi connectivity index (χ4v) is 3.82. The van der Waals surface area contributed by atoms with Crippen molar-refractivity contribution in [3.05, 3.63) is 33.6 Å². The zero-order valence-electron chi connectivity index (χ0n) is 9.43. The summed E-state index contributed by atoms with van der Waals surface area (Å²) in [4.78, 5) is 0. The van der Waals surface area contributed by atoms with Crippen molar-refractivity contribution in [2.75, 3.05) is 4.72 Å². The van der Waals surface area contributed by atoms with Crippen LogP contribution in [0.5, 0.6) is 0 Å². The number of aromatic nitrogens is 3. The van der Waals surface area contributed by atoms with Gasteiger partial charge in [0, 0.05) is 7.05 Å². The molecule has 0 aliphatic carbocycles. The number of sulfonamides is 1. The highest BCUT2D eigenvalue weighted by Gasteiger charge is 2.24. The molecular formula is C9H7BrClFN4O2S. The van der Waals surface area contributed by atoms with E-state index < -0.39 is 15.8 Å². The van der Waals surface area contributed by atoms with Crippen LogP contribution < -0.4 is 4.72 Å². The monoisotopic (exact) mass is 368 g/mol. The molecule has 2 aromatic rings. The molecule has 6 nitrogen and oxygen atoms in total. The van der Waals surface area contributed by atoms with E-state index in [1.165, 1.54) is 13.1 Å². The minimum absolute atomic E-state index is 0.0465. The SMILES string of the molecule is Cn1nnc(Br)c1S(=O)(=O)Nc1ccc(F)cc1Cl. The summed E-state index contributed by atoms with van der Waals surface area (Å²) in [6.07, 6.45) is 0. The summed E-state index contributed by atoms with van der Waals surface area (Å²) in [6.45, 7) is 0. The van der Waals surface area contributed by atoms with Crippen LogP contribution in [0.1, 0.15) is 0 Å². The molecule has 1 N–H and O–H groups in total. The number of anilines is 1. The summed E-state index contributed by atoms with van der Waals surface area (Å²) < 4.78 is 40.6. The van der Waals surface area contributed by atoms with E-state index in [9.17, 15) is 12.8 Å². The van der Waals surface area contributed by atoms with E-state index in [1.54, 1.807) is 0 Å². The number of rotatable bonds is 3. The van der Waals surface area contributed by atoms with Gasteiger partial charge in [0.25, 0.3) is 10.0 Å². The largest absolute Gasteiger partial charge is 0.281 e. The number of aryl methyl sites for hydroxylation is 1. The molecule has 0 spiro atoms. The molecule has 0 saturated carbocycles. The minimum Gasteiger partial charge on any atom is -0.277 e. The van der Waals surface area contributed by atoms with Crippen LogP contribution in [0, 0.1) is 5.82 Å². The number of nitrogens with zero attached hydrogens (tertiary/aromatic N) is 3. The lowest BCUT2D eigenvalue weighted by Crippen LogP contribution is -2.17. The number of nitrogens with one attached hydrogen (secondary N) is 1. The molecule has 0 saturated heterocycles. The molecule has 0 unspecified atom stereocenters. The van der Waals surface area contributed by atoms with Crippen molar-refractivity contribution in [3.63, 3.8) is 0 Å². The summed E-state index contributed by atoms with van der Waals surface area (Å²) in [5.74, 6) is -0.559. The Morgan fingerprint density at radius 2 is 2.16 bits per heavy atom. The van der Waals surface area contributed by atoms with Gasteiger partial charge in [-0.05, 0) is 34.1 Å². The molecule has 1 heterocycles. The Morgan fingerprint density at radius 1 is 1.47 bits per heavy atom. The maximum atomic E-state index is 12.9. The predicted octanol–water partition coefficient (Wildman–Crippen LogP) is 2.17. The highest BCUT2D eigenvalue weighted by atomic mass is 79.9. The van der Waals surface area contributed by atoms with Gasteiger partial charge in [-0.2, -0.15) is 8.42 Å². The first-order chi connectivity index (χ1) is 8.81. The van der Waals surface area contributed by atoms with Crippen LogP contribution >= 0.6 is 27.5 Å². The van der Waals surface area contributed by atoms with Crippen LogP contribution in [0.25, 0.3) is 0 Å². The van der Waals surface area contributed by atoms with Gasteiger partial charge in [-0.15, -0.1) is 5.10 Å². The van der Waals surface area contributed by atoms with Gasteiger partial charge in [-0.3, -0.25) is 4.72 Å². The predicted molar refractivity (Wildman–Crippen MR) is 70.9 cm³/mol. The van der Waals surface area contributed by atoms with Crippen molar-refractivity contribution in [3.8, 4) is 0 Å². The van der Waals surface area contributed by atoms with Gasteiger partial charge < -0.3 is 0 Å². The summed E-state index contributed by atoms with van der Waals surface area (Å²) in [7, 11) is -2.50. The van der Waals surface area contributed by atoms with Crippen LogP contribution in [0.3, 0.4) is 0 Å². The summed E-state index contributed by atoms with van der Waals surface area (Å²) in [6, 6.07) is 3.34. The van der Waals surface area contributed by atoms with Gasteiger partial charge in [0.1, 0.15) is 5.82 Å². The summed E-state index contributed by atoms with van der Waals surface area (Å²) in [5, 5.41) is 6.94.